The molecule has 0 spiro atoms. The molecule has 0 fully saturated rings. The molecule has 2 aromatic carbocycles. The molecule has 0 aliphatic carbocycles. The average molecular weight is 285 g/mol. The molecular weight excluding hydrogens is 270 g/mol. The molecule has 0 unspecified atom stereocenters. The number of anilines is 1. The van der Waals surface area contributed by atoms with Gasteiger partial charge in [0.05, 0.1) is 11.1 Å². The zero-order valence-electron chi connectivity index (χ0n) is 11.2. The molecule has 0 saturated carbocycles. The Kier molecular flexibility index (Phi) is 4.23. The Balaban J connectivity index is 2.17. The van der Waals surface area contributed by atoms with Gasteiger partial charge in [0.15, 0.2) is 0 Å². The van der Waals surface area contributed by atoms with Gasteiger partial charge in [-0.15, -0.1) is 0 Å². The molecule has 0 aromatic heterocycles. The third-order valence-electron chi connectivity index (χ3n) is 3.30. The van der Waals surface area contributed by atoms with E-state index in [9.17, 15) is 9.59 Å². The van der Waals surface area contributed by atoms with Gasteiger partial charge in [-0.05, 0) is 42.2 Å². The summed E-state index contributed by atoms with van der Waals surface area (Å²) >= 11 is 0. The van der Waals surface area contributed by atoms with E-state index in [-0.39, 0.29) is 11.1 Å². The van der Waals surface area contributed by atoms with E-state index in [0.29, 0.717) is 18.5 Å². The third-order valence-corrected chi connectivity index (χ3v) is 3.30. The molecule has 0 radical (unpaired) electrons. The fourth-order valence-electron chi connectivity index (χ4n) is 2.17. The molecule has 2 rings (SSSR count). The van der Waals surface area contributed by atoms with Gasteiger partial charge in [-0.25, -0.2) is 9.59 Å². The highest BCUT2D eigenvalue weighted by Crippen LogP contribution is 2.18. The minimum absolute atomic E-state index is 0.141. The highest BCUT2D eigenvalue weighted by atomic mass is 16.4. The van der Waals surface area contributed by atoms with E-state index >= 15 is 0 Å². The first kappa shape index (κ1) is 14.6. The van der Waals surface area contributed by atoms with E-state index in [1.165, 1.54) is 12.1 Å². The quantitative estimate of drug-likeness (QED) is 0.732. The maximum atomic E-state index is 11.1. The Bertz CT molecular complexity index is 694. The molecule has 0 aliphatic heterocycles. The van der Waals surface area contributed by atoms with Crippen LogP contribution in [0.4, 0.5) is 5.69 Å². The standard InChI is InChI=1S/C16H15NO4/c17-14-9-12(15(18)19)8-7-11(14)6-5-10-3-1-2-4-13(10)16(20)21/h1-4,7-9H,5-6,17H2,(H,18,19)(H,20,21). The highest BCUT2D eigenvalue weighted by molar-refractivity contribution is 5.89. The monoisotopic (exact) mass is 285 g/mol. The van der Waals surface area contributed by atoms with Crippen molar-refractivity contribution in [2.24, 2.45) is 0 Å². The van der Waals surface area contributed by atoms with Crippen molar-refractivity contribution < 1.29 is 19.8 Å². The number of rotatable bonds is 5. The van der Waals surface area contributed by atoms with Gasteiger partial charge < -0.3 is 15.9 Å². The van der Waals surface area contributed by atoms with Gasteiger partial charge in [0.2, 0.25) is 0 Å². The maximum Gasteiger partial charge on any atom is 0.335 e. The minimum Gasteiger partial charge on any atom is -0.478 e. The molecule has 0 heterocycles. The lowest BCUT2D eigenvalue weighted by Crippen LogP contribution is -2.05. The van der Waals surface area contributed by atoms with Gasteiger partial charge in [-0.3, -0.25) is 0 Å². The second kappa shape index (κ2) is 6.09. The molecule has 0 aliphatic rings. The number of hydrogen-bond donors (Lipinski definition) is 3. The van der Waals surface area contributed by atoms with E-state index in [1.54, 1.807) is 30.3 Å². The van der Waals surface area contributed by atoms with Crippen LogP contribution < -0.4 is 5.73 Å². The Hall–Kier alpha value is -2.82. The lowest BCUT2D eigenvalue weighted by molar-refractivity contribution is 0.0685. The second-order valence-corrected chi connectivity index (χ2v) is 4.68. The lowest BCUT2D eigenvalue weighted by atomic mass is 9.98. The van der Waals surface area contributed by atoms with E-state index in [4.69, 9.17) is 15.9 Å². The molecule has 0 amide bonds. The Morgan fingerprint density at radius 3 is 2.19 bits per heavy atom. The molecule has 4 N–H and O–H groups in total. The van der Waals surface area contributed by atoms with Crippen LogP contribution in [0.15, 0.2) is 42.5 Å². The molecule has 2 aromatic rings. The van der Waals surface area contributed by atoms with Crippen LogP contribution in [0, 0.1) is 0 Å². The van der Waals surface area contributed by atoms with Crippen LogP contribution in [0.5, 0.6) is 0 Å². The van der Waals surface area contributed by atoms with Crippen LogP contribution in [0.2, 0.25) is 0 Å². The van der Waals surface area contributed by atoms with Crippen LogP contribution >= 0.6 is 0 Å². The normalized spacial score (nSPS) is 10.3. The largest absolute Gasteiger partial charge is 0.478 e. The number of nitrogens with two attached hydrogens (primary N) is 1. The smallest absolute Gasteiger partial charge is 0.335 e. The zero-order chi connectivity index (χ0) is 15.4. The van der Waals surface area contributed by atoms with Gasteiger partial charge in [0.25, 0.3) is 0 Å². The van der Waals surface area contributed by atoms with Crippen molar-refractivity contribution in [3.05, 3.63) is 64.7 Å². The van der Waals surface area contributed by atoms with Gasteiger partial charge in [0.1, 0.15) is 0 Å². The van der Waals surface area contributed by atoms with Crippen molar-refractivity contribution in [3.8, 4) is 0 Å². The summed E-state index contributed by atoms with van der Waals surface area (Å²) in [6, 6.07) is 11.4. The lowest BCUT2D eigenvalue weighted by Gasteiger charge is -2.09. The first-order valence-corrected chi connectivity index (χ1v) is 6.42. The summed E-state index contributed by atoms with van der Waals surface area (Å²) in [6.45, 7) is 0. The first-order chi connectivity index (χ1) is 9.99. The molecule has 0 bridgehead atoms. The summed E-state index contributed by atoms with van der Waals surface area (Å²) in [4.78, 5) is 22.0. The number of benzene rings is 2. The predicted molar refractivity (Wildman–Crippen MR) is 78.6 cm³/mol. The molecular formula is C16H15NO4. The van der Waals surface area contributed by atoms with Crippen molar-refractivity contribution in [2.45, 2.75) is 12.8 Å². The fourth-order valence-corrected chi connectivity index (χ4v) is 2.17. The van der Waals surface area contributed by atoms with Crippen LogP contribution in [0.3, 0.4) is 0 Å². The van der Waals surface area contributed by atoms with Crippen molar-refractivity contribution >= 4 is 17.6 Å². The second-order valence-electron chi connectivity index (χ2n) is 4.68. The fraction of sp³-hybridized carbons (Fsp3) is 0.125. The number of aryl methyl sites for hydroxylation is 2. The highest BCUT2D eigenvalue weighted by Gasteiger charge is 2.10. The summed E-state index contributed by atoms with van der Waals surface area (Å²) in [7, 11) is 0. The molecule has 108 valence electrons. The number of hydrogen-bond acceptors (Lipinski definition) is 3. The van der Waals surface area contributed by atoms with Crippen LogP contribution in [0.25, 0.3) is 0 Å². The molecule has 21 heavy (non-hydrogen) atoms. The predicted octanol–water partition coefficient (Wildman–Crippen LogP) is 2.45. The first-order valence-electron chi connectivity index (χ1n) is 6.42. The number of carboxylic acid groups (broad SMARTS) is 2. The van der Waals surface area contributed by atoms with Crippen LogP contribution in [0.1, 0.15) is 31.8 Å². The SMILES string of the molecule is Nc1cc(C(=O)O)ccc1CCc1ccccc1C(=O)O. The van der Waals surface area contributed by atoms with E-state index in [1.807, 2.05) is 0 Å². The summed E-state index contributed by atoms with van der Waals surface area (Å²) in [5, 5.41) is 18.0. The maximum absolute atomic E-state index is 11.1. The van der Waals surface area contributed by atoms with Crippen molar-refractivity contribution in [1.82, 2.24) is 0 Å². The number of carboxylic acids is 2. The van der Waals surface area contributed by atoms with Crippen molar-refractivity contribution in [2.75, 3.05) is 5.73 Å². The van der Waals surface area contributed by atoms with E-state index in [0.717, 1.165) is 11.1 Å². The summed E-state index contributed by atoms with van der Waals surface area (Å²) < 4.78 is 0. The van der Waals surface area contributed by atoms with Gasteiger partial charge in [0, 0.05) is 5.69 Å². The third kappa shape index (κ3) is 3.39. The van der Waals surface area contributed by atoms with Gasteiger partial charge >= 0.3 is 11.9 Å². The summed E-state index contributed by atoms with van der Waals surface area (Å²) in [5.41, 5.74) is 8.20. The topological polar surface area (TPSA) is 101 Å². The molecule has 5 heteroatoms. The zero-order valence-corrected chi connectivity index (χ0v) is 11.2. The average Bonchev–Trinajstić information content (AvgIpc) is 2.46. The molecule has 5 nitrogen and oxygen atoms in total. The number of carbonyl (C=O) groups is 2. The van der Waals surface area contributed by atoms with E-state index in [2.05, 4.69) is 0 Å². The van der Waals surface area contributed by atoms with Crippen molar-refractivity contribution in [1.29, 1.82) is 0 Å². The Morgan fingerprint density at radius 2 is 1.57 bits per heavy atom. The molecule has 0 saturated heterocycles. The number of aromatic carboxylic acids is 2. The minimum atomic E-state index is -1.02. The Morgan fingerprint density at radius 1 is 0.905 bits per heavy atom. The Labute approximate surface area is 121 Å². The van der Waals surface area contributed by atoms with Crippen molar-refractivity contribution in [3.63, 3.8) is 0 Å². The van der Waals surface area contributed by atoms with Gasteiger partial charge in [-0.1, -0.05) is 24.3 Å². The van der Waals surface area contributed by atoms with Crippen LogP contribution in [-0.4, -0.2) is 22.2 Å². The summed E-state index contributed by atoms with van der Waals surface area (Å²) in [6.07, 6.45) is 1.08. The number of nitrogen functional groups attached to an aromatic ring is 1. The molecule has 0 atom stereocenters. The summed E-state index contributed by atoms with van der Waals surface area (Å²) in [5.74, 6) is -1.98. The van der Waals surface area contributed by atoms with E-state index < -0.39 is 11.9 Å². The van der Waals surface area contributed by atoms with Crippen LogP contribution in [-0.2, 0) is 12.8 Å². The van der Waals surface area contributed by atoms with Gasteiger partial charge in [-0.2, -0.15) is 0 Å².